The summed E-state index contributed by atoms with van der Waals surface area (Å²) in [4.78, 5) is 42.6. The Morgan fingerprint density at radius 1 is 1.03 bits per heavy atom. The van der Waals surface area contributed by atoms with Gasteiger partial charge in [0.1, 0.15) is 5.69 Å². The van der Waals surface area contributed by atoms with Gasteiger partial charge in [0.15, 0.2) is 5.78 Å². The van der Waals surface area contributed by atoms with Gasteiger partial charge in [-0.1, -0.05) is 18.2 Å². The van der Waals surface area contributed by atoms with Gasteiger partial charge < -0.3 is 10.2 Å². The van der Waals surface area contributed by atoms with Gasteiger partial charge >= 0.3 is 0 Å². The van der Waals surface area contributed by atoms with Crippen LogP contribution in [0.4, 0.5) is 11.4 Å². The maximum atomic E-state index is 13.2. The molecule has 2 aromatic carbocycles. The van der Waals surface area contributed by atoms with Crippen molar-refractivity contribution < 1.29 is 14.5 Å². The number of hydrogen-bond donors (Lipinski definition) is 1. The highest BCUT2D eigenvalue weighted by molar-refractivity contribution is 6.15. The van der Waals surface area contributed by atoms with Crippen LogP contribution in [0.1, 0.15) is 44.8 Å². The number of nitrogens with one attached hydrogen (secondary N) is 1. The number of pyridine rings is 1. The Hall–Kier alpha value is -4.07. The average Bonchev–Trinajstić information content (AvgIpc) is 2.78. The fourth-order valence-corrected chi connectivity index (χ4v) is 3.23. The summed E-state index contributed by atoms with van der Waals surface area (Å²) in [7, 11) is 3.38. The van der Waals surface area contributed by atoms with E-state index in [-0.39, 0.29) is 28.4 Å². The van der Waals surface area contributed by atoms with Crippen LogP contribution >= 0.6 is 0 Å². The Kier molecular flexibility index (Phi) is 6.40. The van der Waals surface area contributed by atoms with Gasteiger partial charge in [-0.25, -0.2) is 0 Å². The Balaban J connectivity index is 1.93. The molecular formula is C23H22N4O4. The van der Waals surface area contributed by atoms with E-state index in [2.05, 4.69) is 10.3 Å². The number of nitro benzene ring substituents is 1. The first kappa shape index (κ1) is 21.6. The third kappa shape index (κ3) is 4.75. The van der Waals surface area contributed by atoms with Gasteiger partial charge in [0.05, 0.1) is 16.5 Å². The van der Waals surface area contributed by atoms with Crippen LogP contribution in [0.5, 0.6) is 0 Å². The molecule has 0 aliphatic heterocycles. The molecule has 1 heterocycles. The van der Waals surface area contributed by atoms with Crippen LogP contribution in [0.2, 0.25) is 0 Å². The highest BCUT2D eigenvalue weighted by Crippen LogP contribution is 2.29. The lowest BCUT2D eigenvalue weighted by Gasteiger charge is -2.16. The minimum absolute atomic E-state index is 0.139. The predicted octanol–water partition coefficient (Wildman–Crippen LogP) is 3.78. The smallest absolute Gasteiger partial charge is 0.293 e. The fraction of sp³-hybridized carbons (Fsp3) is 0.174. The van der Waals surface area contributed by atoms with Crippen LogP contribution in [0, 0.1) is 10.1 Å². The standard InChI is InChI=1S/C23H22N4O4/c1-15(16-10-12-24-13-11-16)25-23(29)19-7-5-4-6-18(19)22(28)17-8-9-20(26(2)3)21(14-17)27(30)31/h4-15H,1-3H3,(H,25,29). The van der Waals surface area contributed by atoms with Crippen molar-refractivity contribution in [2.45, 2.75) is 13.0 Å². The second-order valence-electron chi connectivity index (χ2n) is 7.21. The molecule has 3 aromatic rings. The van der Waals surface area contributed by atoms with E-state index in [0.717, 1.165) is 5.56 Å². The molecular weight excluding hydrogens is 396 g/mol. The van der Waals surface area contributed by atoms with Crippen LogP contribution in [-0.4, -0.2) is 35.7 Å². The van der Waals surface area contributed by atoms with Crippen molar-refractivity contribution in [2.75, 3.05) is 19.0 Å². The number of benzene rings is 2. The summed E-state index contributed by atoms with van der Waals surface area (Å²) in [6.45, 7) is 1.83. The Morgan fingerprint density at radius 3 is 2.29 bits per heavy atom. The zero-order valence-electron chi connectivity index (χ0n) is 17.4. The largest absolute Gasteiger partial charge is 0.372 e. The predicted molar refractivity (Wildman–Crippen MR) is 117 cm³/mol. The molecule has 0 spiro atoms. The maximum Gasteiger partial charge on any atom is 0.293 e. The monoisotopic (exact) mass is 418 g/mol. The Bertz CT molecular complexity index is 1130. The van der Waals surface area contributed by atoms with E-state index < -0.39 is 16.6 Å². The molecule has 8 heteroatoms. The number of nitro groups is 1. The van der Waals surface area contributed by atoms with E-state index in [9.17, 15) is 19.7 Å². The molecule has 0 aliphatic rings. The second kappa shape index (κ2) is 9.17. The molecule has 1 N–H and O–H groups in total. The Labute approximate surface area is 179 Å². The summed E-state index contributed by atoms with van der Waals surface area (Å²) in [6.07, 6.45) is 3.28. The van der Waals surface area contributed by atoms with Gasteiger partial charge in [0.25, 0.3) is 11.6 Å². The van der Waals surface area contributed by atoms with E-state index in [0.29, 0.717) is 5.69 Å². The molecule has 31 heavy (non-hydrogen) atoms. The number of nitrogens with zero attached hydrogens (tertiary/aromatic N) is 3. The third-order valence-corrected chi connectivity index (χ3v) is 4.89. The maximum absolute atomic E-state index is 13.2. The molecule has 0 saturated heterocycles. The minimum atomic E-state index is -0.527. The molecule has 1 amide bonds. The van der Waals surface area contributed by atoms with Crippen molar-refractivity contribution in [3.05, 3.63) is 99.4 Å². The summed E-state index contributed by atoms with van der Waals surface area (Å²) < 4.78 is 0. The van der Waals surface area contributed by atoms with Gasteiger partial charge in [-0.2, -0.15) is 0 Å². The number of hydrogen-bond acceptors (Lipinski definition) is 6. The topological polar surface area (TPSA) is 105 Å². The summed E-state index contributed by atoms with van der Waals surface area (Å²) in [5.41, 5.74) is 1.60. The van der Waals surface area contributed by atoms with Crippen molar-refractivity contribution in [1.29, 1.82) is 0 Å². The number of ketones is 1. The fourth-order valence-electron chi connectivity index (χ4n) is 3.23. The molecule has 0 radical (unpaired) electrons. The molecule has 0 bridgehead atoms. The van der Waals surface area contributed by atoms with Crippen molar-refractivity contribution in [1.82, 2.24) is 10.3 Å². The molecule has 0 saturated carbocycles. The van der Waals surface area contributed by atoms with Gasteiger partial charge in [0, 0.05) is 43.7 Å². The molecule has 3 rings (SSSR count). The quantitative estimate of drug-likeness (QED) is 0.356. The van der Waals surface area contributed by atoms with E-state index in [1.54, 1.807) is 67.8 Å². The number of rotatable bonds is 7. The average molecular weight is 418 g/mol. The number of anilines is 1. The molecule has 1 atom stereocenters. The van der Waals surface area contributed by atoms with Crippen molar-refractivity contribution in [3.63, 3.8) is 0 Å². The summed E-state index contributed by atoms with van der Waals surface area (Å²) >= 11 is 0. The third-order valence-electron chi connectivity index (χ3n) is 4.89. The van der Waals surface area contributed by atoms with Crippen molar-refractivity contribution >= 4 is 23.1 Å². The van der Waals surface area contributed by atoms with E-state index in [4.69, 9.17) is 0 Å². The van der Waals surface area contributed by atoms with Gasteiger partial charge in [0.2, 0.25) is 0 Å². The van der Waals surface area contributed by atoms with Crippen LogP contribution in [-0.2, 0) is 0 Å². The van der Waals surface area contributed by atoms with Crippen molar-refractivity contribution in [2.24, 2.45) is 0 Å². The van der Waals surface area contributed by atoms with Gasteiger partial charge in [-0.3, -0.25) is 24.7 Å². The summed E-state index contributed by atoms with van der Waals surface area (Å²) in [6, 6.07) is 14.0. The lowest BCUT2D eigenvalue weighted by atomic mass is 9.96. The summed E-state index contributed by atoms with van der Waals surface area (Å²) in [5, 5.41) is 14.3. The SMILES string of the molecule is CC(NC(=O)c1ccccc1C(=O)c1ccc(N(C)C)c([N+](=O)[O-])c1)c1ccncc1. The van der Waals surface area contributed by atoms with Crippen LogP contribution < -0.4 is 10.2 Å². The molecule has 158 valence electrons. The first-order valence-corrected chi connectivity index (χ1v) is 9.60. The minimum Gasteiger partial charge on any atom is -0.372 e. The van der Waals surface area contributed by atoms with Crippen molar-refractivity contribution in [3.8, 4) is 0 Å². The number of carbonyl (C=O) groups excluding carboxylic acids is 2. The van der Waals surface area contributed by atoms with Gasteiger partial charge in [-0.15, -0.1) is 0 Å². The molecule has 0 aliphatic carbocycles. The van der Waals surface area contributed by atoms with Crippen LogP contribution in [0.15, 0.2) is 67.0 Å². The first-order valence-electron chi connectivity index (χ1n) is 9.60. The Morgan fingerprint density at radius 2 is 1.68 bits per heavy atom. The van der Waals surface area contributed by atoms with Crippen LogP contribution in [0.3, 0.4) is 0 Å². The zero-order chi connectivity index (χ0) is 22.5. The number of carbonyl (C=O) groups is 2. The lowest BCUT2D eigenvalue weighted by molar-refractivity contribution is -0.384. The highest BCUT2D eigenvalue weighted by Gasteiger charge is 2.23. The van der Waals surface area contributed by atoms with E-state index in [1.807, 2.05) is 6.92 Å². The molecule has 1 aromatic heterocycles. The highest BCUT2D eigenvalue weighted by atomic mass is 16.6. The first-order chi connectivity index (χ1) is 14.8. The normalized spacial score (nSPS) is 11.5. The second-order valence-corrected chi connectivity index (χ2v) is 7.21. The molecule has 1 unspecified atom stereocenters. The number of amides is 1. The lowest BCUT2D eigenvalue weighted by Crippen LogP contribution is -2.28. The van der Waals surface area contributed by atoms with E-state index in [1.165, 1.54) is 18.2 Å². The van der Waals surface area contributed by atoms with Crippen LogP contribution in [0.25, 0.3) is 0 Å². The van der Waals surface area contributed by atoms with Gasteiger partial charge in [-0.05, 0) is 42.8 Å². The molecule has 8 nitrogen and oxygen atoms in total. The summed E-state index contributed by atoms with van der Waals surface area (Å²) in [5.74, 6) is -0.872. The molecule has 0 fully saturated rings. The number of aromatic nitrogens is 1. The van der Waals surface area contributed by atoms with E-state index >= 15 is 0 Å². The zero-order valence-corrected chi connectivity index (χ0v) is 17.4.